The molecule has 76 valence electrons. The Hall–Kier alpha value is -1.63. The van der Waals surface area contributed by atoms with Crippen molar-refractivity contribution in [1.82, 2.24) is 4.98 Å². The minimum atomic E-state index is -1.03. The van der Waals surface area contributed by atoms with E-state index >= 15 is 0 Å². The summed E-state index contributed by atoms with van der Waals surface area (Å²) in [5.41, 5.74) is 0. The van der Waals surface area contributed by atoms with Gasteiger partial charge < -0.3 is 15.2 Å². The second-order valence-electron chi connectivity index (χ2n) is 2.26. The van der Waals surface area contributed by atoms with Gasteiger partial charge in [0.1, 0.15) is 11.4 Å². The zero-order valence-electron chi connectivity index (χ0n) is 7.31. The molecule has 1 rings (SSSR count). The number of anilines is 1. The summed E-state index contributed by atoms with van der Waals surface area (Å²) >= 11 is 0.964. The highest BCUT2D eigenvalue weighted by atomic mass is 32.1. The summed E-state index contributed by atoms with van der Waals surface area (Å²) in [4.78, 5) is 25.0. The number of rotatable bonds is 4. The number of carboxylic acid groups (broad SMARTS) is 1. The zero-order valence-corrected chi connectivity index (χ0v) is 8.13. The summed E-state index contributed by atoms with van der Waals surface area (Å²) in [6.07, 6.45) is 1.23. The molecule has 0 fully saturated rings. The van der Waals surface area contributed by atoms with Crippen molar-refractivity contribution in [2.45, 2.75) is 0 Å². The Morgan fingerprint density at radius 2 is 2.43 bits per heavy atom. The third-order valence-corrected chi connectivity index (χ3v) is 2.27. The van der Waals surface area contributed by atoms with Crippen molar-refractivity contribution >= 4 is 28.4 Å². The molecule has 2 N–H and O–H groups in total. The average molecular weight is 216 g/mol. The summed E-state index contributed by atoms with van der Waals surface area (Å²) in [7, 11) is 1.27. The van der Waals surface area contributed by atoms with E-state index in [1.54, 1.807) is 0 Å². The second-order valence-corrected chi connectivity index (χ2v) is 3.30. The van der Waals surface area contributed by atoms with Crippen LogP contribution in [0.5, 0.6) is 0 Å². The van der Waals surface area contributed by atoms with Gasteiger partial charge in [0.25, 0.3) is 0 Å². The number of hydrogen-bond acceptors (Lipinski definition) is 6. The van der Waals surface area contributed by atoms with Gasteiger partial charge >= 0.3 is 11.9 Å². The minimum absolute atomic E-state index is 0.0247. The molecule has 1 aromatic heterocycles. The number of carbonyl (C=O) groups is 2. The summed E-state index contributed by atoms with van der Waals surface area (Å²) in [5, 5.41) is 11.6. The molecule has 0 unspecified atom stereocenters. The lowest BCUT2D eigenvalue weighted by molar-refractivity contribution is -0.138. The standard InChI is InChI=1S/C7H8N2O4S/c1-13-5(10)3-9-7-8-2-4(14-7)6(11)12/h2H,3H2,1H3,(H,8,9)(H,11,12). The molecule has 7 heteroatoms. The Balaban J connectivity index is 2.52. The highest BCUT2D eigenvalue weighted by molar-refractivity contribution is 7.17. The molecule has 6 nitrogen and oxygen atoms in total. The second kappa shape index (κ2) is 4.56. The van der Waals surface area contributed by atoms with Gasteiger partial charge in [0.2, 0.25) is 0 Å². The molecule has 0 amide bonds. The number of nitrogens with one attached hydrogen (secondary N) is 1. The van der Waals surface area contributed by atoms with Crippen LogP contribution < -0.4 is 5.32 Å². The fourth-order valence-corrected chi connectivity index (χ4v) is 1.33. The number of methoxy groups -OCH3 is 1. The number of ether oxygens (including phenoxy) is 1. The van der Waals surface area contributed by atoms with Gasteiger partial charge in [-0.1, -0.05) is 11.3 Å². The molecule has 0 aromatic carbocycles. The number of aromatic nitrogens is 1. The van der Waals surface area contributed by atoms with E-state index in [1.807, 2.05) is 0 Å². The topological polar surface area (TPSA) is 88.5 Å². The summed E-state index contributed by atoms with van der Waals surface area (Å²) in [6.45, 7) is -0.0247. The quantitative estimate of drug-likeness (QED) is 0.709. The number of aromatic carboxylic acids is 1. The molecule has 0 radical (unpaired) electrons. The van der Waals surface area contributed by atoms with Gasteiger partial charge in [-0.25, -0.2) is 9.78 Å². The van der Waals surface area contributed by atoms with Crippen molar-refractivity contribution in [2.75, 3.05) is 19.0 Å². The van der Waals surface area contributed by atoms with E-state index in [0.29, 0.717) is 5.13 Å². The van der Waals surface area contributed by atoms with Crippen LogP contribution in [0.2, 0.25) is 0 Å². The van der Waals surface area contributed by atoms with Gasteiger partial charge in [0.05, 0.1) is 13.3 Å². The van der Waals surface area contributed by atoms with Crippen molar-refractivity contribution in [3.8, 4) is 0 Å². The van der Waals surface area contributed by atoms with Crippen LogP contribution in [0.4, 0.5) is 5.13 Å². The normalized spacial score (nSPS) is 9.50. The zero-order chi connectivity index (χ0) is 10.6. The van der Waals surface area contributed by atoms with Crippen molar-refractivity contribution in [3.05, 3.63) is 11.1 Å². The largest absolute Gasteiger partial charge is 0.477 e. The molecule has 0 aliphatic rings. The van der Waals surface area contributed by atoms with Gasteiger partial charge in [-0.3, -0.25) is 4.79 Å². The Morgan fingerprint density at radius 3 is 2.93 bits per heavy atom. The molecule has 14 heavy (non-hydrogen) atoms. The predicted octanol–water partition coefficient (Wildman–Crippen LogP) is 0.426. The van der Waals surface area contributed by atoms with Gasteiger partial charge in [0.15, 0.2) is 5.13 Å². The molecule has 0 aliphatic carbocycles. The van der Waals surface area contributed by atoms with Crippen molar-refractivity contribution in [2.24, 2.45) is 0 Å². The molecule has 0 saturated carbocycles. The minimum Gasteiger partial charge on any atom is -0.477 e. The van der Waals surface area contributed by atoms with Crippen LogP contribution in [0.25, 0.3) is 0 Å². The number of nitrogens with zero attached hydrogens (tertiary/aromatic N) is 1. The molecule has 0 spiro atoms. The van der Waals surface area contributed by atoms with Gasteiger partial charge in [-0.05, 0) is 0 Å². The predicted molar refractivity (Wildman–Crippen MR) is 49.6 cm³/mol. The van der Waals surface area contributed by atoms with Gasteiger partial charge in [0, 0.05) is 0 Å². The first-order valence-electron chi connectivity index (χ1n) is 3.63. The van der Waals surface area contributed by atoms with Crippen molar-refractivity contribution in [1.29, 1.82) is 0 Å². The third-order valence-electron chi connectivity index (χ3n) is 1.33. The maximum atomic E-state index is 10.7. The maximum Gasteiger partial charge on any atom is 0.347 e. The molecule has 1 aromatic rings. The molecule has 1 heterocycles. The molecule has 0 bridgehead atoms. The molecule has 0 atom stereocenters. The number of carboxylic acids is 1. The van der Waals surface area contributed by atoms with E-state index in [0.717, 1.165) is 11.3 Å². The van der Waals surface area contributed by atoms with Crippen LogP contribution in [0.1, 0.15) is 9.67 Å². The highest BCUT2D eigenvalue weighted by Gasteiger charge is 2.08. The van der Waals surface area contributed by atoms with E-state index in [1.165, 1.54) is 13.3 Å². The summed E-state index contributed by atoms with van der Waals surface area (Å²) < 4.78 is 4.39. The van der Waals surface area contributed by atoms with E-state index in [4.69, 9.17) is 5.11 Å². The Morgan fingerprint density at radius 1 is 1.71 bits per heavy atom. The van der Waals surface area contributed by atoms with Crippen LogP contribution in [0.3, 0.4) is 0 Å². The Bertz CT molecular complexity index is 349. The molecule has 0 aliphatic heterocycles. The maximum absolute atomic E-state index is 10.7. The number of thiazole rings is 1. The van der Waals surface area contributed by atoms with Gasteiger partial charge in [-0.15, -0.1) is 0 Å². The van der Waals surface area contributed by atoms with Crippen LogP contribution >= 0.6 is 11.3 Å². The SMILES string of the molecule is COC(=O)CNc1ncc(C(=O)O)s1. The average Bonchev–Trinajstić information content (AvgIpc) is 2.62. The first-order valence-corrected chi connectivity index (χ1v) is 4.45. The fourth-order valence-electron chi connectivity index (χ4n) is 0.675. The van der Waals surface area contributed by atoms with E-state index in [2.05, 4.69) is 15.0 Å². The summed E-state index contributed by atoms with van der Waals surface area (Å²) in [6, 6.07) is 0. The van der Waals surface area contributed by atoms with Crippen LogP contribution in [-0.2, 0) is 9.53 Å². The smallest absolute Gasteiger partial charge is 0.347 e. The third kappa shape index (κ3) is 2.70. The number of esters is 1. The number of carbonyl (C=O) groups excluding carboxylic acids is 1. The lowest BCUT2D eigenvalue weighted by atomic mass is 10.6. The number of hydrogen-bond donors (Lipinski definition) is 2. The van der Waals surface area contributed by atoms with Crippen molar-refractivity contribution < 1.29 is 19.4 Å². The first-order chi connectivity index (χ1) is 6.63. The lowest BCUT2D eigenvalue weighted by Crippen LogP contribution is -2.14. The van der Waals surface area contributed by atoms with Crippen LogP contribution in [0.15, 0.2) is 6.20 Å². The van der Waals surface area contributed by atoms with E-state index < -0.39 is 11.9 Å². The van der Waals surface area contributed by atoms with Crippen LogP contribution in [-0.4, -0.2) is 35.7 Å². The van der Waals surface area contributed by atoms with Gasteiger partial charge in [-0.2, -0.15) is 0 Å². The molecule has 0 saturated heterocycles. The van der Waals surface area contributed by atoms with E-state index in [-0.39, 0.29) is 11.4 Å². The molecular formula is C7H8N2O4S. The lowest BCUT2D eigenvalue weighted by Gasteiger charge is -1.98. The first kappa shape index (κ1) is 10.5. The Kier molecular flexibility index (Phi) is 3.41. The monoisotopic (exact) mass is 216 g/mol. The Labute approximate surface area is 83.5 Å². The van der Waals surface area contributed by atoms with E-state index in [9.17, 15) is 9.59 Å². The molecular weight excluding hydrogens is 208 g/mol. The highest BCUT2D eigenvalue weighted by Crippen LogP contribution is 2.17. The van der Waals surface area contributed by atoms with Crippen LogP contribution in [0, 0.1) is 0 Å². The summed E-state index contributed by atoms with van der Waals surface area (Å²) in [5.74, 6) is -1.47. The fraction of sp³-hybridized carbons (Fsp3) is 0.286. The van der Waals surface area contributed by atoms with Crippen molar-refractivity contribution in [3.63, 3.8) is 0 Å².